The van der Waals surface area contributed by atoms with Gasteiger partial charge in [-0.25, -0.2) is 0 Å². The molecule has 7 heteroatoms. The van der Waals surface area contributed by atoms with Crippen molar-refractivity contribution in [3.63, 3.8) is 0 Å². The Labute approximate surface area is 153 Å². The third-order valence-corrected chi connectivity index (χ3v) is 4.40. The van der Waals surface area contributed by atoms with E-state index in [9.17, 15) is 9.59 Å². The topological polar surface area (TPSA) is 70.7 Å². The van der Waals surface area contributed by atoms with Crippen LogP contribution in [0.5, 0.6) is 5.75 Å². The fourth-order valence-electron chi connectivity index (χ4n) is 2.73. The summed E-state index contributed by atoms with van der Waals surface area (Å²) in [7, 11) is 0. The van der Waals surface area contributed by atoms with E-state index in [1.54, 1.807) is 12.1 Å². The molecule has 1 aromatic rings. The molecule has 2 rings (SSSR count). The fourth-order valence-corrected chi connectivity index (χ4v) is 2.92. The van der Waals surface area contributed by atoms with Crippen molar-refractivity contribution in [1.29, 1.82) is 0 Å². The Morgan fingerprint density at radius 2 is 1.96 bits per heavy atom. The molecular formula is C18H26ClN3O3. The van der Waals surface area contributed by atoms with Gasteiger partial charge in [-0.3, -0.25) is 14.5 Å². The van der Waals surface area contributed by atoms with Crippen LogP contribution in [-0.2, 0) is 9.59 Å². The van der Waals surface area contributed by atoms with Crippen LogP contribution in [0.3, 0.4) is 0 Å². The smallest absolute Gasteiger partial charge is 0.258 e. The van der Waals surface area contributed by atoms with Gasteiger partial charge >= 0.3 is 0 Å². The molecule has 138 valence electrons. The predicted octanol–water partition coefficient (Wildman–Crippen LogP) is 1.83. The van der Waals surface area contributed by atoms with Crippen LogP contribution in [0.2, 0.25) is 5.02 Å². The second kappa shape index (κ2) is 10.3. The highest BCUT2D eigenvalue weighted by Gasteiger charge is 2.22. The molecule has 25 heavy (non-hydrogen) atoms. The van der Waals surface area contributed by atoms with Gasteiger partial charge in [0.1, 0.15) is 5.75 Å². The summed E-state index contributed by atoms with van der Waals surface area (Å²) in [5.74, 6) is 0.420. The average Bonchev–Trinajstić information content (AvgIpc) is 2.61. The standard InChI is InChI=1S/C18H26ClN3O3/c1-2-9-20-17(23)12-22-10-7-14(8-11-22)21-18(24)13-25-16-6-4-3-5-15(16)19/h3-6,14H,2,7-13H2,1H3,(H,20,23)(H,21,24). The van der Waals surface area contributed by atoms with Crippen molar-refractivity contribution in [3.8, 4) is 5.75 Å². The molecule has 0 atom stereocenters. The molecule has 1 aromatic carbocycles. The quantitative estimate of drug-likeness (QED) is 0.735. The number of carbonyl (C=O) groups is 2. The summed E-state index contributed by atoms with van der Waals surface area (Å²) in [4.78, 5) is 25.9. The van der Waals surface area contributed by atoms with Crippen LogP contribution >= 0.6 is 11.6 Å². The Bertz CT molecular complexity index is 574. The number of likely N-dealkylation sites (tertiary alicyclic amines) is 1. The van der Waals surface area contributed by atoms with Crippen LogP contribution in [0, 0.1) is 0 Å². The van der Waals surface area contributed by atoms with E-state index in [1.165, 1.54) is 0 Å². The van der Waals surface area contributed by atoms with E-state index in [2.05, 4.69) is 15.5 Å². The zero-order valence-electron chi connectivity index (χ0n) is 14.6. The number of rotatable bonds is 8. The molecule has 2 amide bonds. The maximum absolute atomic E-state index is 12.0. The van der Waals surface area contributed by atoms with E-state index in [-0.39, 0.29) is 24.5 Å². The van der Waals surface area contributed by atoms with Crippen molar-refractivity contribution in [2.75, 3.05) is 32.8 Å². The lowest BCUT2D eigenvalue weighted by Crippen LogP contribution is -2.48. The minimum absolute atomic E-state index is 0.0522. The minimum Gasteiger partial charge on any atom is -0.482 e. The molecule has 0 aliphatic carbocycles. The molecule has 0 bridgehead atoms. The van der Waals surface area contributed by atoms with Crippen molar-refractivity contribution >= 4 is 23.4 Å². The van der Waals surface area contributed by atoms with Gasteiger partial charge in [-0.2, -0.15) is 0 Å². The van der Waals surface area contributed by atoms with Crippen molar-refractivity contribution in [2.45, 2.75) is 32.2 Å². The summed E-state index contributed by atoms with van der Waals surface area (Å²) in [5, 5.41) is 6.36. The van der Waals surface area contributed by atoms with Crippen molar-refractivity contribution < 1.29 is 14.3 Å². The first-order chi connectivity index (χ1) is 12.1. The lowest BCUT2D eigenvalue weighted by atomic mass is 10.1. The summed E-state index contributed by atoms with van der Waals surface area (Å²) in [6, 6.07) is 7.20. The first kappa shape index (κ1) is 19.5. The van der Waals surface area contributed by atoms with E-state index >= 15 is 0 Å². The Kier molecular flexibility index (Phi) is 8.01. The van der Waals surface area contributed by atoms with Crippen molar-refractivity contribution in [2.24, 2.45) is 0 Å². The Morgan fingerprint density at radius 1 is 1.24 bits per heavy atom. The van der Waals surface area contributed by atoms with Crippen molar-refractivity contribution in [1.82, 2.24) is 15.5 Å². The molecule has 6 nitrogen and oxygen atoms in total. The predicted molar refractivity (Wildman–Crippen MR) is 97.9 cm³/mol. The number of hydrogen-bond acceptors (Lipinski definition) is 4. The number of para-hydroxylation sites is 1. The molecule has 0 unspecified atom stereocenters. The van der Waals surface area contributed by atoms with Gasteiger partial charge in [0.05, 0.1) is 11.6 Å². The van der Waals surface area contributed by atoms with E-state index in [0.29, 0.717) is 17.3 Å². The first-order valence-electron chi connectivity index (χ1n) is 8.74. The van der Waals surface area contributed by atoms with Gasteiger partial charge in [0, 0.05) is 25.7 Å². The van der Waals surface area contributed by atoms with Gasteiger partial charge in [0.25, 0.3) is 5.91 Å². The molecule has 1 aliphatic heterocycles. The Morgan fingerprint density at radius 3 is 2.64 bits per heavy atom. The maximum atomic E-state index is 12.0. The molecule has 1 fully saturated rings. The van der Waals surface area contributed by atoms with Crippen LogP contribution in [0.15, 0.2) is 24.3 Å². The molecule has 0 radical (unpaired) electrons. The highest BCUT2D eigenvalue weighted by atomic mass is 35.5. The van der Waals surface area contributed by atoms with Gasteiger partial charge < -0.3 is 15.4 Å². The largest absolute Gasteiger partial charge is 0.482 e. The third-order valence-electron chi connectivity index (χ3n) is 4.09. The van der Waals surface area contributed by atoms with Gasteiger partial charge in [-0.05, 0) is 31.4 Å². The number of nitrogens with one attached hydrogen (secondary N) is 2. The molecule has 0 saturated carbocycles. The highest BCUT2D eigenvalue weighted by molar-refractivity contribution is 6.32. The highest BCUT2D eigenvalue weighted by Crippen LogP contribution is 2.22. The van der Waals surface area contributed by atoms with Gasteiger partial charge in [0.15, 0.2) is 6.61 Å². The fraction of sp³-hybridized carbons (Fsp3) is 0.556. The second-order valence-electron chi connectivity index (χ2n) is 6.19. The summed E-state index contributed by atoms with van der Waals surface area (Å²) in [6.45, 7) is 4.73. The number of carbonyl (C=O) groups excluding carboxylic acids is 2. The number of hydrogen-bond donors (Lipinski definition) is 2. The minimum atomic E-state index is -0.154. The summed E-state index contributed by atoms with van der Waals surface area (Å²) in [6.07, 6.45) is 2.61. The van der Waals surface area contributed by atoms with Crippen LogP contribution in [0.1, 0.15) is 26.2 Å². The molecule has 1 aliphatic rings. The average molecular weight is 368 g/mol. The van der Waals surface area contributed by atoms with Crippen LogP contribution in [-0.4, -0.2) is 55.5 Å². The molecular weight excluding hydrogens is 342 g/mol. The van der Waals surface area contributed by atoms with E-state index in [1.807, 2.05) is 19.1 Å². The number of benzene rings is 1. The maximum Gasteiger partial charge on any atom is 0.258 e. The van der Waals surface area contributed by atoms with Gasteiger partial charge in [-0.15, -0.1) is 0 Å². The number of amides is 2. The molecule has 0 aromatic heterocycles. The Hall–Kier alpha value is -1.79. The summed E-state index contributed by atoms with van der Waals surface area (Å²) in [5.41, 5.74) is 0. The van der Waals surface area contributed by atoms with Crippen LogP contribution in [0.25, 0.3) is 0 Å². The second-order valence-corrected chi connectivity index (χ2v) is 6.59. The summed E-state index contributed by atoms with van der Waals surface area (Å²) >= 11 is 5.99. The van der Waals surface area contributed by atoms with Crippen LogP contribution in [0.4, 0.5) is 0 Å². The monoisotopic (exact) mass is 367 g/mol. The first-order valence-corrected chi connectivity index (χ1v) is 9.12. The number of halogens is 1. The molecule has 0 spiro atoms. The molecule has 2 N–H and O–H groups in total. The van der Waals surface area contributed by atoms with E-state index in [0.717, 1.165) is 38.9 Å². The Balaban J connectivity index is 1.65. The lowest BCUT2D eigenvalue weighted by Gasteiger charge is -2.31. The normalized spacial score (nSPS) is 15.6. The van der Waals surface area contributed by atoms with Crippen molar-refractivity contribution in [3.05, 3.63) is 29.3 Å². The van der Waals surface area contributed by atoms with E-state index in [4.69, 9.17) is 16.3 Å². The molecule has 1 heterocycles. The number of ether oxygens (including phenoxy) is 1. The van der Waals surface area contributed by atoms with Crippen LogP contribution < -0.4 is 15.4 Å². The zero-order valence-corrected chi connectivity index (χ0v) is 15.3. The third kappa shape index (κ3) is 6.92. The van der Waals surface area contributed by atoms with Gasteiger partial charge in [-0.1, -0.05) is 30.7 Å². The number of nitrogens with zero attached hydrogens (tertiary/aromatic N) is 1. The SMILES string of the molecule is CCCNC(=O)CN1CCC(NC(=O)COc2ccccc2Cl)CC1. The lowest BCUT2D eigenvalue weighted by molar-refractivity contribution is -0.125. The molecule has 1 saturated heterocycles. The van der Waals surface area contributed by atoms with Gasteiger partial charge in [0.2, 0.25) is 5.91 Å². The van der Waals surface area contributed by atoms with E-state index < -0.39 is 0 Å². The zero-order chi connectivity index (χ0) is 18.1. The summed E-state index contributed by atoms with van der Waals surface area (Å²) < 4.78 is 5.44. The number of piperidine rings is 1.